The molecule has 0 bridgehead atoms. The number of amides is 2. The van der Waals surface area contributed by atoms with Gasteiger partial charge in [-0.25, -0.2) is 9.18 Å². The third-order valence-electron chi connectivity index (χ3n) is 4.86. The van der Waals surface area contributed by atoms with Crippen molar-refractivity contribution in [1.82, 2.24) is 0 Å². The van der Waals surface area contributed by atoms with Gasteiger partial charge in [0.15, 0.2) is 0 Å². The van der Waals surface area contributed by atoms with E-state index < -0.39 is 6.03 Å². The van der Waals surface area contributed by atoms with Crippen LogP contribution < -0.4 is 10.6 Å². The van der Waals surface area contributed by atoms with E-state index in [0.717, 1.165) is 40.9 Å². The van der Waals surface area contributed by atoms with E-state index in [0.29, 0.717) is 13.1 Å². The van der Waals surface area contributed by atoms with Crippen molar-refractivity contribution >= 4 is 28.8 Å². The second-order valence-corrected chi connectivity index (χ2v) is 7.68. The van der Waals surface area contributed by atoms with E-state index in [9.17, 15) is 9.18 Å². The van der Waals surface area contributed by atoms with Crippen LogP contribution in [0.3, 0.4) is 0 Å². The fourth-order valence-corrected chi connectivity index (χ4v) is 4.15. The van der Waals surface area contributed by atoms with Crippen molar-refractivity contribution in [1.29, 1.82) is 0 Å². The van der Waals surface area contributed by atoms with E-state index in [4.69, 9.17) is 5.73 Å². The Morgan fingerprint density at radius 3 is 2.71 bits per heavy atom. The number of fused-ring (bicyclic) bond motifs is 1. The van der Waals surface area contributed by atoms with E-state index in [2.05, 4.69) is 4.99 Å². The molecule has 2 heterocycles. The number of hydrogen-bond donors (Lipinski definition) is 1. The highest BCUT2D eigenvalue weighted by atomic mass is 32.1. The van der Waals surface area contributed by atoms with Crippen LogP contribution in [0.15, 0.2) is 65.0 Å². The molecule has 3 aromatic rings. The molecular formula is C22H20FN3OS. The molecule has 0 spiro atoms. The van der Waals surface area contributed by atoms with Crippen LogP contribution in [0.25, 0.3) is 0 Å². The minimum Gasteiger partial charge on any atom is -0.351 e. The molecule has 6 heteroatoms. The molecule has 1 aliphatic heterocycles. The van der Waals surface area contributed by atoms with E-state index in [1.54, 1.807) is 16.2 Å². The van der Waals surface area contributed by atoms with Gasteiger partial charge in [0.2, 0.25) is 0 Å². The minimum atomic E-state index is -0.480. The topological polar surface area (TPSA) is 58.7 Å². The highest BCUT2D eigenvalue weighted by molar-refractivity contribution is 7.09. The van der Waals surface area contributed by atoms with Gasteiger partial charge in [0.05, 0.1) is 5.71 Å². The Bertz CT molecular complexity index is 1010. The summed E-state index contributed by atoms with van der Waals surface area (Å²) in [5.41, 5.74) is 9.96. The summed E-state index contributed by atoms with van der Waals surface area (Å²) in [6.07, 6.45) is 1.57. The summed E-state index contributed by atoms with van der Waals surface area (Å²) in [5, 5.41) is 2.02. The second-order valence-electron chi connectivity index (χ2n) is 6.65. The van der Waals surface area contributed by atoms with Crippen molar-refractivity contribution in [3.63, 3.8) is 0 Å². The van der Waals surface area contributed by atoms with Gasteiger partial charge in [0.1, 0.15) is 5.82 Å². The van der Waals surface area contributed by atoms with Gasteiger partial charge in [-0.1, -0.05) is 24.3 Å². The van der Waals surface area contributed by atoms with E-state index in [1.807, 2.05) is 47.8 Å². The number of urea groups is 1. The number of benzene rings is 2. The molecule has 28 heavy (non-hydrogen) atoms. The highest BCUT2D eigenvalue weighted by Crippen LogP contribution is 2.24. The number of carbonyl (C=O) groups excluding carboxylic acids is 1. The molecular weight excluding hydrogens is 373 g/mol. The number of anilines is 1. The predicted octanol–water partition coefficient (Wildman–Crippen LogP) is 4.41. The van der Waals surface area contributed by atoms with Crippen molar-refractivity contribution in [2.75, 3.05) is 18.0 Å². The molecule has 0 fully saturated rings. The maximum Gasteiger partial charge on any atom is 0.319 e. The van der Waals surface area contributed by atoms with Crippen LogP contribution in [0.2, 0.25) is 0 Å². The van der Waals surface area contributed by atoms with Crippen LogP contribution in [0.4, 0.5) is 14.9 Å². The lowest BCUT2D eigenvalue weighted by molar-refractivity contribution is 0.254. The number of thiophene rings is 1. The summed E-state index contributed by atoms with van der Waals surface area (Å²) < 4.78 is 13.7. The van der Waals surface area contributed by atoms with E-state index in [1.165, 1.54) is 17.0 Å². The Kier molecular flexibility index (Phi) is 5.21. The molecule has 0 unspecified atom stereocenters. The average molecular weight is 393 g/mol. The van der Waals surface area contributed by atoms with Gasteiger partial charge in [-0.05, 0) is 54.1 Å². The molecule has 1 aromatic heterocycles. The zero-order valence-corrected chi connectivity index (χ0v) is 16.1. The quantitative estimate of drug-likeness (QED) is 0.686. The Labute approximate surface area is 167 Å². The minimum absolute atomic E-state index is 0.265. The maximum absolute atomic E-state index is 13.7. The monoisotopic (exact) mass is 393 g/mol. The number of rotatable bonds is 5. The summed E-state index contributed by atoms with van der Waals surface area (Å²) >= 11 is 1.66. The van der Waals surface area contributed by atoms with Gasteiger partial charge >= 0.3 is 6.03 Å². The molecule has 0 radical (unpaired) electrons. The van der Waals surface area contributed by atoms with Crippen molar-refractivity contribution in [2.24, 2.45) is 10.7 Å². The molecule has 4 rings (SSSR count). The number of aliphatic imine (C=N–C) groups is 1. The maximum atomic E-state index is 13.7. The normalized spacial score (nSPS) is 13.0. The van der Waals surface area contributed by atoms with Crippen LogP contribution in [0.1, 0.15) is 21.6 Å². The number of primary amides is 1. The summed E-state index contributed by atoms with van der Waals surface area (Å²) in [7, 11) is 0. The molecule has 2 aromatic carbocycles. The lowest BCUT2D eigenvalue weighted by Gasteiger charge is -2.21. The molecule has 4 nitrogen and oxygen atoms in total. The third kappa shape index (κ3) is 3.82. The van der Waals surface area contributed by atoms with Crippen LogP contribution in [0, 0.1) is 5.82 Å². The molecule has 2 N–H and O–H groups in total. The standard InChI is InChI=1S/C22H20FN3OS/c23-17-6-3-15-9-11-25-21(20(15)14-17)16-4-7-18(8-5-16)26(22(24)27)12-10-19-2-1-13-28-19/h1-8,13-14H,9-12H2,(H2,24,27). The van der Waals surface area contributed by atoms with Gasteiger partial charge in [0.25, 0.3) is 0 Å². The first kappa shape index (κ1) is 18.4. The van der Waals surface area contributed by atoms with Gasteiger partial charge in [0, 0.05) is 34.8 Å². The average Bonchev–Trinajstić information content (AvgIpc) is 3.21. The SMILES string of the molecule is NC(=O)N(CCc1cccs1)c1ccc(C2=NCCc3ccc(F)cc32)cc1. The van der Waals surface area contributed by atoms with E-state index >= 15 is 0 Å². The lowest BCUT2D eigenvalue weighted by atomic mass is 9.93. The first-order valence-corrected chi connectivity index (χ1v) is 10.0. The number of hydrogen-bond acceptors (Lipinski definition) is 3. The Morgan fingerprint density at radius 1 is 1.18 bits per heavy atom. The Balaban J connectivity index is 1.57. The predicted molar refractivity (Wildman–Crippen MR) is 112 cm³/mol. The number of nitrogens with zero attached hydrogens (tertiary/aromatic N) is 2. The molecule has 142 valence electrons. The molecule has 0 saturated carbocycles. The van der Waals surface area contributed by atoms with Gasteiger partial charge in [-0.3, -0.25) is 9.89 Å². The largest absolute Gasteiger partial charge is 0.351 e. The Hall–Kier alpha value is -2.99. The third-order valence-corrected chi connectivity index (χ3v) is 5.79. The Morgan fingerprint density at radius 2 is 2.00 bits per heavy atom. The molecule has 0 saturated heterocycles. The van der Waals surface area contributed by atoms with Crippen molar-refractivity contribution in [3.8, 4) is 0 Å². The number of halogens is 1. The number of nitrogens with two attached hydrogens (primary N) is 1. The highest BCUT2D eigenvalue weighted by Gasteiger charge is 2.18. The fourth-order valence-electron chi connectivity index (χ4n) is 3.45. The van der Waals surface area contributed by atoms with E-state index in [-0.39, 0.29) is 5.82 Å². The zero-order valence-electron chi connectivity index (χ0n) is 15.3. The number of carbonyl (C=O) groups is 1. The van der Waals surface area contributed by atoms with Gasteiger partial charge in [-0.15, -0.1) is 11.3 Å². The van der Waals surface area contributed by atoms with Gasteiger partial charge in [-0.2, -0.15) is 0 Å². The zero-order chi connectivity index (χ0) is 19.5. The molecule has 2 amide bonds. The first-order valence-electron chi connectivity index (χ1n) is 9.15. The molecule has 1 aliphatic rings. The summed E-state index contributed by atoms with van der Waals surface area (Å²) in [6, 6.07) is 16.0. The first-order chi connectivity index (χ1) is 13.6. The van der Waals surface area contributed by atoms with Crippen LogP contribution in [0.5, 0.6) is 0 Å². The molecule has 0 aliphatic carbocycles. The summed E-state index contributed by atoms with van der Waals surface area (Å²) in [5.74, 6) is -0.265. The van der Waals surface area contributed by atoms with Crippen LogP contribution in [-0.4, -0.2) is 24.8 Å². The smallest absolute Gasteiger partial charge is 0.319 e. The van der Waals surface area contributed by atoms with Crippen molar-refractivity contribution in [3.05, 3.63) is 87.4 Å². The van der Waals surface area contributed by atoms with Crippen LogP contribution in [-0.2, 0) is 12.8 Å². The fraction of sp³-hybridized carbons (Fsp3) is 0.182. The summed E-state index contributed by atoms with van der Waals surface area (Å²) in [6.45, 7) is 1.20. The van der Waals surface area contributed by atoms with Crippen molar-refractivity contribution in [2.45, 2.75) is 12.8 Å². The van der Waals surface area contributed by atoms with Crippen molar-refractivity contribution < 1.29 is 9.18 Å². The summed E-state index contributed by atoms with van der Waals surface area (Å²) in [4.78, 5) is 19.3. The van der Waals surface area contributed by atoms with Gasteiger partial charge < -0.3 is 5.73 Å². The second kappa shape index (κ2) is 7.94. The lowest BCUT2D eigenvalue weighted by Crippen LogP contribution is -2.37. The van der Waals surface area contributed by atoms with Crippen LogP contribution >= 0.6 is 11.3 Å². The molecule has 0 atom stereocenters.